The minimum Gasteiger partial charge on any atom is -0.394 e. The van der Waals surface area contributed by atoms with Crippen molar-refractivity contribution in [2.75, 3.05) is 6.61 Å². The normalized spacial score (nSPS) is 13.5. The van der Waals surface area contributed by atoms with Crippen LogP contribution in [0.25, 0.3) is 0 Å². The summed E-state index contributed by atoms with van der Waals surface area (Å²) in [4.78, 5) is 11.9. The number of hydrogen-bond acceptors (Lipinski definition) is 3. The van der Waals surface area contributed by atoms with Crippen molar-refractivity contribution in [3.8, 4) is 0 Å². The molecule has 23 heavy (non-hydrogen) atoms. The van der Waals surface area contributed by atoms with E-state index >= 15 is 0 Å². The zero-order valence-electron chi connectivity index (χ0n) is 14.2. The van der Waals surface area contributed by atoms with Gasteiger partial charge in [-0.15, -0.1) is 0 Å². The summed E-state index contributed by atoms with van der Waals surface area (Å²) in [6.07, 6.45) is 7.69. The first-order valence-electron chi connectivity index (χ1n) is 8.82. The number of amides is 1. The zero-order valence-corrected chi connectivity index (χ0v) is 14.2. The Balaban J connectivity index is 2.25. The minimum atomic E-state index is -0.890. The molecule has 4 heteroatoms. The molecule has 1 aromatic rings. The van der Waals surface area contributed by atoms with Gasteiger partial charge in [-0.05, 0) is 12.0 Å². The van der Waals surface area contributed by atoms with Gasteiger partial charge in [-0.1, -0.05) is 75.8 Å². The molecule has 0 saturated carbocycles. The molecule has 0 aliphatic carbocycles. The van der Waals surface area contributed by atoms with Gasteiger partial charge < -0.3 is 15.5 Å². The molecular formula is C19H31NO3. The highest BCUT2D eigenvalue weighted by molar-refractivity contribution is 5.76. The summed E-state index contributed by atoms with van der Waals surface area (Å²) in [5, 5.41) is 22.4. The summed E-state index contributed by atoms with van der Waals surface area (Å²) in [5.41, 5.74) is 0.697. The first-order chi connectivity index (χ1) is 11.2. The fraction of sp³-hybridized carbons (Fsp3) is 0.632. The zero-order chi connectivity index (χ0) is 16.9. The lowest BCUT2D eigenvalue weighted by Gasteiger charge is -2.22. The van der Waals surface area contributed by atoms with Crippen molar-refractivity contribution in [1.29, 1.82) is 0 Å². The molecule has 0 unspecified atom stereocenters. The summed E-state index contributed by atoms with van der Waals surface area (Å²) in [6.45, 7) is 1.92. The summed E-state index contributed by atoms with van der Waals surface area (Å²) in [7, 11) is 0. The lowest BCUT2D eigenvalue weighted by Crippen LogP contribution is -2.41. The number of carbonyl (C=O) groups is 1. The lowest BCUT2D eigenvalue weighted by atomic mass is 10.0. The van der Waals surface area contributed by atoms with Gasteiger partial charge in [0.25, 0.3) is 0 Å². The molecule has 0 bridgehead atoms. The molecule has 1 amide bonds. The van der Waals surface area contributed by atoms with E-state index in [4.69, 9.17) is 0 Å². The van der Waals surface area contributed by atoms with E-state index in [2.05, 4.69) is 12.2 Å². The molecule has 1 rings (SSSR count). The molecule has 0 saturated heterocycles. The van der Waals surface area contributed by atoms with Gasteiger partial charge in [0.05, 0.1) is 12.6 Å². The molecule has 0 aliphatic rings. The second-order valence-electron chi connectivity index (χ2n) is 6.08. The largest absolute Gasteiger partial charge is 0.394 e. The van der Waals surface area contributed by atoms with Crippen LogP contribution in [0.15, 0.2) is 30.3 Å². The molecule has 130 valence electrons. The number of rotatable bonds is 12. The van der Waals surface area contributed by atoms with Crippen LogP contribution in [-0.2, 0) is 4.79 Å². The van der Waals surface area contributed by atoms with Gasteiger partial charge in [-0.3, -0.25) is 4.79 Å². The predicted molar refractivity (Wildman–Crippen MR) is 93.0 cm³/mol. The van der Waals surface area contributed by atoms with Crippen LogP contribution < -0.4 is 5.32 Å². The van der Waals surface area contributed by atoms with Crippen LogP contribution in [0.5, 0.6) is 0 Å². The van der Waals surface area contributed by atoms with Crippen LogP contribution in [0.3, 0.4) is 0 Å². The molecule has 1 aromatic carbocycles. The third-order valence-corrected chi connectivity index (χ3v) is 4.07. The maximum absolute atomic E-state index is 11.9. The van der Waals surface area contributed by atoms with Crippen molar-refractivity contribution < 1.29 is 15.0 Å². The van der Waals surface area contributed by atoms with Crippen molar-refractivity contribution in [3.05, 3.63) is 35.9 Å². The highest BCUT2D eigenvalue weighted by Gasteiger charge is 2.21. The van der Waals surface area contributed by atoms with E-state index in [1.54, 1.807) is 12.1 Å². The molecule has 0 radical (unpaired) electrons. The van der Waals surface area contributed by atoms with Crippen molar-refractivity contribution >= 4 is 5.91 Å². The molecule has 2 atom stereocenters. The number of carbonyl (C=O) groups excluding carboxylic acids is 1. The van der Waals surface area contributed by atoms with E-state index < -0.39 is 12.1 Å². The molecule has 4 nitrogen and oxygen atoms in total. The van der Waals surface area contributed by atoms with Gasteiger partial charge in [0.15, 0.2) is 0 Å². The maximum atomic E-state index is 11.9. The SMILES string of the molecule is CCCCCCCCCC(=O)N[C@H](CO)[C@@H](O)c1ccccc1. The van der Waals surface area contributed by atoms with Crippen LogP contribution in [0.4, 0.5) is 0 Å². The Hall–Kier alpha value is -1.39. The molecule has 0 aromatic heterocycles. The Bertz CT molecular complexity index is 422. The molecule has 0 spiro atoms. The van der Waals surface area contributed by atoms with Gasteiger partial charge in [-0.2, -0.15) is 0 Å². The Morgan fingerprint density at radius 1 is 1.04 bits per heavy atom. The average Bonchev–Trinajstić information content (AvgIpc) is 2.59. The maximum Gasteiger partial charge on any atom is 0.220 e. The van der Waals surface area contributed by atoms with Gasteiger partial charge in [0, 0.05) is 6.42 Å². The van der Waals surface area contributed by atoms with E-state index in [1.807, 2.05) is 18.2 Å². The average molecular weight is 321 g/mol. The molecule has 0 heterocycles. The fourth-order valence-corrected chi connectivity index (χ4v) is 2.63. The summed E-state index contributed by atoms with van der Waals surface area (Å²) in [5.74, 6) is -0.104. The summed E-state index contributed by atoms with van der Waals surface area (Å²) >= 11 is 0. The second-order valence-corrected chi connectivity index (χ2v) is 6.08. The Labute approximate surface area is 139 Å². The van der Waals surface area contributed by atoms with Crippen LogP contribution in [0.1, 0.15) is 70.0 Å². The van der Waals surface area contributed by atoms with Crippen molar-refractivity contribution in [2.24, 2.45) is 0 Å². The van der Waals surface area contributed by atoms with Crippen molar-refractivity contribution in [3.63, 3.8) is 0 Å². The highest BCUT2D eigenvalue weighted by Crippen LogP contribution is 2.16. The quantitative estimate of drug-likeness (QED) is 0.517. The standard InChI is InChI=1S/C19H31NO3/c1-2-3-4-5-6-7-11-14-18(22)20-17(15-21)19(23)16-12-9-8-10-13-16/h8-10,12-13,17,19,21,23H,2-7,11,14-15H2,1H3,(H,20,22)/t17-,19+/m1/s1. The first kappa shape index (κ1) is 19.7. The number of aliphatic hydroxyl groups excluding tert-OH is 2. The summed E-state index contributed by atoms with van der Waals surface area (Å²) < 4.78 is 0. The van der Waals surface area contributed by atoms with Crippen molar-refractivity contribution in [1.82, 2.24) is 5.32 Å². The second kappa shape index (κ2) is 12.1. The molecular weight excluding hydrogens is 290 g/mol. The Kier molecular flexibility index (Phi) is 10.3. The molecule has 3 N–H and O–H groups in total. The number of hydrogen-bond donors (Lipinski definition) is 3. The van der Waals surface area contributed by atoms with Gasteiger partial charge in [-0.25, -0.2) is 0 Å². The van der Waals surface area contributed by atoms with Crippen LogP contribution in [0, 0.1) is 0 Å². The van der Waals surface area contributed by atoms with E-state index in [0.717, 1.165) is 12.8 Å². The monoisotopic (exact) mass is 321 g/mol. The molecule has 0 fully saturated rings. The van der Waals surface area contributed by atoms with E-state index in [1.165, 1.54) is 32.1 Å². The van der Waals surface area contributed by atoms with Crippen molar-refractivity contribution in [2.45, 2.75) is 70.4 Å². The topological polar surface area (TPSA) is 69.6 Å². The third-order valence-electron chi connectivity index (χ3n) is 4.07. The van der Waals surface area contributed by atoms with Gasteiger partial charge in [0.1, 0.15) is 6.10 Å². The predicted octanol–water partition coefficient (Wildman–Crippen LogP) is 3.34. The van der Waals surface area contributed by atoms with E-state index in [0.29, 0.717) is 12.0 Å². The highest BCUT2D eigenvalue weighted by atomic mass is 16.3. The lowest BCUT2D eigenvalue weighted by molar-refractivity contribution is -0.123. The third kappa shape index (κ3) is 8.14. The minimum absolute atomic E-state index is 0.104. The van der Waals surface area contributed by atoms with Gasteiger partial charge >= 0.3 is 0 Å². The van der Waals surface area contributed by atoms with E-state index in [9.17, 15) is 15.0 Å². The van der Waals surface area contributed by atoms with E-state index in [-0.39, 0.29) is 12.5 Å². The first-order valence-corrected chi connectivity index (χ1v) is 8.82. The fourth-order valence-electron chi connectivity index (χ4n) is 2.63. The summed E-state index contributed by atoms with van der Waals surface area (Å²) in [6, 6.07) is 8.43. The molecule has 0 aliphatic heterocycles. The van der Waals surface area contributed by atoms with Crippen LogP contribution >= 0.6 is 0 Å². The van der Waals surface area contributed by atoms with Crippen LogP contribution in [0.2, 0.25) is 0 Å². The smallest absolute Gasteiger partial charge is 0.220 e. The Morgan fingerprint density at radius 2 is 1.65 bits per heavy atom. The number of aliphatic hydroxyl groups is 2. The Morgan fingerprint density at radius 3 is 2.26 bits per heavy atom. The number of benzene rings is 1. The van der Waals surface area contributed by atoms with Gasteiger partial charge in [0.2, 0.25) is 5.91 Å². The number of unbranched alkanes of at least 4 members (excludes halogenated alkanes) is 6. The number of nitrogens with one attached hydrogen (secondary N) is 1. The van der Waals surface area contributed by atoms with Crippen LogP contribution in [-0.4, -0.2) is 28.8 Å².